The molecule has 0 aliphatic heterocycles. The van der Waals surface area contributed by atoms with E-state index < -0.39 is 5.82 Å². The van der Waals surface area contributed by atoms with Crippen molar-refractivity contribution in [1.82, 2.24) is 14.4 Å². The van der Waals surface area contributed by atoms with Crippen LogP contribution in [0, 0.1) is 5.82 Å². The van der Waals surface area contributed by atoms with E-state index in [1.807, 2.05) is 0 Å². The number of hydrogen-bond acceptors (Lipinski definition) is 4. The zero-order valence-electron chi connectivity index (χ0n) is 9.64. The third-order valence-corrected chi connectivity index (χ3v) is 2.86. The monoisotopic (exact) mass is 277 g/mol. The maximum atomic E-state index is 13.1. The number of nitrogen functional groups attached to an aromatic ring is 1. The molecule has 0 amide bonds. The fourth-order valence-electron chi connectivity index (χ4n) is 1.75. The van der Waals surface area contributed by atoms with Gasteiger partial charge < -0.3 is 15.5 Å². The summed E-state index contributed by atoms with van der Waals surface area (Å²) in [5.41, 5.74) is 6.93. The van der Waals surface area contributed by atoms with Crippen molar-refractivity contribution in [2.75, 3.05) is 11.1 Å². The maximum Gasteiger partial charge on any atom is 0.180 e. The van der Waals surface area contributed by atoms with Crippen LogP contribution in [-0.4, -0.2) is 14.4 Å². The average molecular weight is 278 g/mol. The van der Waals surface area contributed by atoms with Crippen LogP contribution in [0.1, 0.15) is 0 Å². The number of hydrogen-bond donors (Lipinski definition) is 2. The highest BCUT2D eigenvalue weighted by atomic mass is 35.5. The summed E-state index contributed by atoms with van der Waals surface area (Å²) in [5.74, 6) is 0.354. The van der Waals surface area contributed by atoms with Crippen LogP contribution in [0.5, 0.6) is 0 Å². The summed E-state index contributed by atoms with van der Waals surface area (Å²) < 4.78 is 14.8. The summed E-state index contributed by atoms with van der Waals surface area (Å²) in [4.78, 5) is 8.34. The van der Waals surface area contributed by atoms with Gasteiger partial charge in [-0.2, -0.15) is 0 Å². The summed E-state index contributed by atoms with van der Waals surface area (Å²) in [5, 5.41) is 3.05. The van der Waals surface area contributed by atoms with Gasteiger partial charge in [-0.1, -0.05) is 11.6 Å². The molecule has 0 atom stereocenters. The molecule has 0 bridgehead atoms. The lowest BCUT2D eigenvalue weighted by Gasteiger charge is -2.08. The van der Waals surface area contributed by atoms with Crippen molar-refractivity contribution in [3.05, 3.63) is 47.6 Å². The number of imidazole rings is 1. The number of halogens is 2. The summed E-state index contributed by atoms with van der Waals surface area (Å²) in [6, 6.07) is 4.31. The Hall–Kier alpha value is -2.34. The van der Waals surface area contributed by atoms with Gasteiger partial charge in [0, 0.05) is 18.1 Å². The third kappa shape index (κ3) is 2.17. The van der Waals surface area contributed by atoms with E-state index in [2.05, 4.69) is 15.3 Å². The molecule has 5 nitrogen and oxygen atoms in total. The number of benzene rings is 1. The lowest BCUT2D eigenvalue weighted by atomic mass is 10.3. The number of fused-ring (bicyclic) bond motifs is 1. The van der Waals surface area contributed by atoms with Crippen LogP contribution < -0.4 is 11.1 Å². The molecule has 3 rings (SSSR count). The minimum Gasteiger partial charge on any atom is -0.382 e. The molecule has 7 heteroatoms. The van der Waals surface area contributed by atoms with Crippen molar-refractivity contribution in [3.63, 3.8) is 0 Å². The van der Waals surface area contributed by atoms with E-state index in [0.717, 1.165) is 0 Å². The number of anilines is 3. The van der Waals surface area contributed by atoms with Crippen LogP contribution in [0.15, 0.2) is 36.8 Å². The van der Waals surface area contributed by atoms with Gasteiger partial charge in [-0.3, -0.25) is 0 Å². The van der Waals surface area contributed by atoms with Gasteiger partial charge in [-0.15, -0.1) is 0 Å². The minimum absolute atomic E-state index is 0.0354. The van der Waals surface area contributed by atoms with Gasteiger partial charge in [0.15, 0.2) is 11.5 Å². The molecule has 0 aliphatic carbocycles. The fourth-order valence-corrected chi connectivity index (χ4v) is 1.93. The molecule has 1 aromatic carbocycles. The largest absolute Gasteiger partial charge is 0.382 e. The Balaban J connectivity index is 2.04. The fraction of sp³-hybridized carbons (Fsp3) is 0. The van der Waals surface area contributed by atoms with Gasteiger partial charge in [0.05, 0.1) is 11.2 Å². The first kappa shape index (κ1) is 11.7. The predicted molar refractivity (Wildman–Crippen MR) is 72.1 cm³/mol. The highest BCUT2D eigenvalue weighted by molar-refractivity contribution is 6.31. The van der Waals surface area contributed by atoms with Crippen molar-refractivity contribution >= 4 is 34.6 Å². The van der Waals surface area contributed by atoms with Crippen molar-refractivity contribution in [1.29, 1.82) is 0 Å². The van der Waals surface area contributed by atoms with Crippen molar-refractivity contribution in [2.45, 2.75) is 0 Å². The van der Waals surface area contributed by atoms with Crippen molar-refractivity contribution in [2.24, 2.45) is 0 Å². The van der Waals surface area contributed by atoms with Gasteiger partial charge in [-0.25, -0.2) is 14.4 Å². The van der Waals surface area contributed by atoms with Crippen LogP contribution in [-0.2, 0) is 0 Å². The zero-order chi connectivity index (χ0) is 13.4. The second-order valence-corrected chi connectivity index (χ2v) is 4.33. The molecular formula is C12H9ClFN5. The zero-order valence-corrected chi connectivity index (χ0v) is 10.4. The highest BCUT2D eigenvalue weighted by Gasteiger charge is 2.08. The first-order valence-corrected chi connectivity index (χ1v) is 5.82. The molecule has 19 heavy (non-hydrogen) atoms. The topological polar surface area (TPSA) is 68.2 Å². The van der Waals surface area contributed by atoms with Gasteiger partial charge in [0.1, 0.15) is 11.6 Å². The Bertz CT molecular complexity index is 755. The van der Waals surface area contributed by atoms with E-state index in [0.29, 0.717) is 23.0 Å². The van der Waals surface area contributed by atoms with E-state index >= 15 is 0 Å². The average Bonchev–Trinajstić information content (AvgIpc) is 2.82. The van der Waals surface area contributed by atoms with Crippen LogP contribution >= 0.6 is 11.6 Å². The molecule has 0 saturated heterocycles. The molecule has 3 N–H and O–H groups in total. The van der Waals surface area contributed by atoms with Crippen molar-refractivity contribution < 1.29 is 4.39 Å². The summed E-state index contributed by atoms with van der Waals surface area (Å²) in [6.07, 6.45) is 5.06. The number of aromatic nitrogens is 3. The number of rotatable bonds is 2. The molecule has 2 heterocycles. The lowest BCUT2D eigenvalue weighted by molar-refractivity contribution is 0.628. The first-order chi connectivity index (χ1) is 9.13. The normalized spacial score (nSPS) is 10.8. The van der Waals surface area contributed by atoms with E-state index in [9.17, 15) is 4.39 Å². The van der Waals surface area contributed by atoms with E-state index in [4.69, 9.17) is 17.3 Å². The molecule has 0 aliphatic rings. The molecule has 2 aromatic heterocycles. The Morgan fingerprint density at radius 1 is 1.37 bits per heavy atom. The number of nitrogens with two attached hydrogens (primary N) is 1. The third-order valence-electron chi connectivity index (χ3n) is 2.58. The number of nitrogens with zero attached hydrogens (tertiary/aromatic N) is 3. The minimum atomic E-state index is -0.473. The molecule has 96 valence electrons. The Morgan fingerprint density at radius 3 is 3.00 bits per heavy atom. The second-order valence-electron chi connectivity index (χ2n) is 3.93. The molecule has 3 aromatic rings. The van der Waals surface area contributed by atoms with Gasteiger partial charge >= 0.3 is 0 Å². The first-order valence-electron chi connectivity index (χ1n) is 5.45. The molecule has 0 saturated carbocycles. The molecular weight excluding hydrogens is 269 g/mol. The van der Waals surface area contributed by atoms with Crippen LogP contribution in [0.4, 0.5) is 21.7 Å². The van der Waals surface area contributed by atoms with E-state index in [-0.39, 0.29) is 5.02 Å². The predicted octanol–water partition coefficient (Wildman–Crippen LogP) is 2.85. The van der Waals surface area contributed by atoms with Gasteiger partial charge in [-0.05, 0) is 18.2 Å². The standard InChI is InChI=1S/C12H9ClFN5/c13-8-5-7(1-2-9(8)14)17-11-12-16-3-4-19(12)6-10(15)18-11/h1-6H,15H2,(H,17,18). The Labute approximate surface area is 112 Å². The lowest BCUT2D eigenvalue weighted by Crippen LogP contribution is -2.02. The quantitative estimate of drug-likeness (QED) is 0.756. The van der Waals surface area contributed by atoms with Crippen LogP contribution in [0.25, 0.3) is 5.65 Å². The SMILES string of the molecule is Nc1cn2ccnc2c(Nc2ccc(F)c(Cl)c2)n1. The Kier molecular flexibility index (Phi) is 2.72. The number of nitrogens with one attached hydrogen (secondary N) is 1. The van der Waals surface area contributed by atoms with Gasteiger partial charge in [0.25, 0.3) is 0 Å². The summed E-state index contributed by atoms with van der Waals surface area (Å²) in [6.45, 7) is 0. The van der Waals surface area contributed by atoms with Crippen LogP contribution in [0.2, 0.25) is 5.02 Å². The molecule has 0 spiro atoms. The summed E-state index contributed by atoms with van der Waals surface area (Å²) in [7, 11) is 0. The highest BCUT2D eigenvalue weighted by Crippen LogP contribution is 2.24. The molecule has 0 fully saturated rings. The van der Waals surface area contributed by atoms with Crippen molar-refractivity contribution in [3.8, 4) is 0 Å². The van der Waals surface area contributed by atoms with Gasteiger partial charge in [0.2, 0.25) is 0 Å². The van der Waals surface area contributed by atoms with E-state index in [1.54, 1.807) is 29.1 Å². The molecule has 0 radical (unpaired) electrons. The Morgan fingerprint density at radius 2 is 2.21 bits per heavy atom. The second kappa shape index (κ2) is 4.40. The van der Waals surface area contributed by atoms with E-state index in [1.165, 1.54) is 12.1 Å². The molecule has 0 unspecified atom stereocenters. The van der Waals surface area contributed by atoms with Crippen LogP contribution in [0.3, 0.4) is 0 Å². The maximum absolute atomic E-state index is 13.1. The smallest absolute Gasteiger partial charge is 0.180 e. The summed E-state index contributed by atoms with van der Waals surface area (Å²) >= 11 is 5.73.